The highest BCUT2D eigenvalue weighted by molar-refractivity contribution is 14.1. The van der Waals surface area contributed by atoms with Gasteiger partial charge in [0.25, 0.3) is 0 Å². The predicted octanol–water partition coefficient (Wildman–Crippen LogP) is 1.79. The molecule has 0 spiro atoms. The Morgan fingerprint density at radius 1 is 0.639 bits per heavy atom. The molecule has 0 bridgehead atoms. The summed E-state index contributed by atoms with van der Waals surface area (Å²) in [4.78, 5) is 76.0. The highest BCUT2D eigenvalue weighted by atomic mass is 127. The minimum atomic E-state index is -1.30. The van der Waals surface area contributed by atoms with Crippen molar-refractivity contribution in [1.29, 1.82) is 0 Å². The maximum Gasteiger partial charge on any atom is 0.415 e. The van der Waals surface area contributed by atoms with Crippen LogP contribution in [0.25, 0.3) is 22.3 Å². The van der Waals surface area contributed by atoms with E-state index in [1.807, 2.05) is 22.6 Å². The molecule has 4 saturated heterocycles. The number of rotatable bonds is 10. The quantitative estimate of drug-likeness (QED) is 0.0419. The van der Waals surface area contributed by atoms with Crippen LogP contribution in [0.5, 0.6) is 11.5 Å². The highest BCUT2D eigenvalue weighted by Crippen LogP contribution is 2.34. The summed E-state index contributed by atoms with van der Waals surface area (Å²) >= 11 is 1.92. The van der Waals surface area contributed by atoms with Crippen LogP contribution in [0, 0.1) is 39.9 Å². The number of fused-ring (bicyclic) bond motifs is 2. The summed E-state index contributed by atoms with van der Waals surface area (Å²) in [5.41, 5.74) is 14.0. The Bertz CT molecular complexity index is 3350. The van der Waals surface area contributed by atoms with Gasteiger partial charge in [0, 0.05) is 61.6 Å². The molecule has 2 amide bonds. The molecule has 83 heavy (non-hydrogen) atoms. The zero-order chi connectivity index (χ0) is 59.5. The van der Waals surface area contributed by atoms with Gasteiger partial charge in [0.1, 0.15) is 59.2 Å². The molecule has 440 valence electrons. The molecule has 4 aliphatic heterocycles. The topological polar surface area (TPSA) is 391 Å². The first kappa shape index (κ1) is 61.2. The van der Waals surface area contributed by atoms with E-state index in [1.165, 1.54) is 48.1 Å². The van der Waals surface area contributed by atoms with Gasteiger partial charge in [0.2, 0.25) is 5.82 Å². The van der Waals surface area contributed by atoms with Crippen LogP contribution < -0.4 is 20.9 Å². The number of terminal acetylenes is 1. The molecule has 29 heteroatoms. The Balaban J connectivity index is 0.000000180. The first-order valence-electron chi connectivity index (χ1n) is 26.1. The first-order chi connectivity index (χ1) is 39.9. The summed E-state index contributed by atoms with van der Waals surface area (Å²) in [7, 11) is 2.62. The van der Waals surface area contributed by atoms with E-state index in [0.717, 1.165) is 32.1 Å². The number of benzene rings is 2. The fraction of sp³-hybridized carbons (Fsp3) is 0.444. The van der Waals surface area contributed by atoms with Gasteiger partial charge in [-0.2, -0.15) is 0 Å². The van der Waals surface area contributed by atoms with Gasteiger partial charge in [0.05, 0.1) is 51.2 Å². The van der Waals surface area contributed by atoms with Crippen molar-refractivity contribution in [2.75, 3.05) is 65.1 Å². The molecule has 4 fully saturated rings. The van der Waals surface area contributed by atoms with Crippen molar-refractivity contribution < 1.29 is 78.2 Å². The van der Waals surface area contributed by atoms with Gasteiger partial charge < -0.3 is 80.3 Å². The Hall–Kier alpha value is -7.85. The minimum Gasteiger partial charge on any atom is -0.465 e. The van der Waals surface area contributed by atoms with Crippen molar-refractivity contribution in [3.8, 4) is 35.7 Å². The molecule has 10 N–H and O–H groups in total. The van der Waals surface area contributed by atoms with Crippen molar-refractivity contribution in [2.24, 2.45) is 11.8 Å². The number of amides is 2. The Kier molecular flexibility index (Phi) is 20.6. The third-order valence-electron chi connectivity index (χ3n) is 14.2. The van der Waals surface area contributed by atoms with Gasteiger partial charge in [-0.1, -0.05) is 5.92 Å². The van der Waals surface area contributed by atoms with Crippen molar-refractivity contribution in [2.45, 2.75) is 87.6 Å². The molecular formula is C54H61IN12O16. The lowest BCUT2D eigenvalue weighted by Crippen LogP contribution is -2.40. The van der Waals surface area contributed by atoms with Crippen LogP contribution in [0.1, 0.15) is 77.5 Å². The molecule has 0 saturated carbocycles. The number of nitrogen functional groups attached to an aromatic ring is 2. The largest absolute Gasteiger partial charge is 0.465 e. The Morgan fingerprint density at radius 3 is 1.47 bits per heavy atom. The third-order valence-corrected chi connectivity index (χ3v) is 14.6. The van der Waals surface area contributed by atoms with Crippen LogP contribution in [-0.2, 0) is 18.9 Å². The molecule has 0 radical (unpaired) electrons. The molecule has 8 atom stereocenters. The molecule has 6 aromatic rings. The molecule has 4 aliphatic rings. The van der Waals surface area contributed by atoms with Crippen molar-refractivity contribution in [1.82, 2.24) is 48.8 Å². The van der Waals surface area contributed by atoms with E-state index in [-0.39, 0.29) is 35.1 Å². The predicted molar refractivity (Wildman–Crippen MR) is 299 cm³/mol. The lowest BCUT2D eigenvalue weighted by Gasteiger charge is -2.30. The second-order valence-corrected chi connectivity index (χ2v) is 20.4. The first-order valence-corrected chi connectivity index (χ1v) is 27.2. The second-order valence-electron chi connectivity index (χ2n) is 19.5. The normalized spacial score (nSPS) is 22.5. The van der Waals surface area contributed by atoms with Crippen LogP contribution in [0.3, 0.4) is 0 Å². The lowest BCUT2D eigenvalue weighted by molar-refractivity contribution is -0.0511. The monoisotopic (exact) mass is 1260 g/mol. The molecule has 28 nitrogen and oxygen atoms in total. The lowest BCUT2D eigenvalue weighted by atomic mass is 9.94. The average molecular weight is 1260 g/mol. The third kappa shape index (κ3) is 14.5. The average Bonchev–Trinajstić information content (AvgIpc) is 3.28. The molecule has 2 aromatic carbocycles. The zero-order valence-corrected chi connectivity index (χ0v) is 47.0. The van der Waals surface area contributed by atoms with Crippen LogP contribution >= 0.6 is 22.6 Å². The number of imidazole rings is 2. The smallest absolute Gasteiger partial charge is 0.415 e. The van der Waals surface area contributed by atoms with E-state index in [0.29, 0.717) is 81.7 Å². The van der Waals surface area contributed by atoms with Crippen LogP contribution in [0.4, 0.5) is 21.2 Å². The SMILES string of the molecule is C#CCC1CCN(C(=O)Oc2ccc(C(=O)OC)cc2)CC1.COC(=O)c1ccc(OC(=O)N2CCC(CC#Cc3nc(N)c4ncn([C@@H]5O[C@H](CO)C(O)[C@@H]5O)c4n3)CC2)cc1.Nc1nc(I)nc2c1ncn2[C@@H]1O[C@H](CO)C(O)[C@@H]1O. The molecule has 10 rings (SSSR count). The number of anilines is 2. The number of halogens is 1. The number of likely N-dealkylation sites (tertiary alicyclic amines) is 2. The number of aliphatic hydroxyl groups excluding tert-OH is 6. The number of hydrogen-bond acceptors (Lipinski definition) is 24. The summed E-state index contributed by atoms with van der Waals surface area (Å²) < 4.78 is 34.4. The number of esters is 2. The molecule has 8 heterocycles. The number of aromatic nitrogens is 8. The zero-order valence-electron chi connectivity index (χ0n) is 44.9. The van der Waals surface area contributed by atoms with E-state index in [9.17, 15) is 44.7 Å². The van der Waals surface area contributed by atoms with E-state index in [4.69, 9.17) is 41.9 Å². The highest BCUT2D eigenvalue weighted by Gasteiger charge is 2.45. The summed E-state index contributed by atoms with van der Waals surface area (Å²) in [6, 6.07) is 12.4. The molecular weight excluding hydrogens is 1200 g/mol. The van der Waals surface area contributed by atoms with E-state index < -0.39 is 80.3 Å². The molecule has 0 aliphatic carbocycles. The molecule has 2 unspecified atom stereocenters. The van der Waals surface area contributed by atoms with Gasteiger partial charge >= 0.3 is 24.1 Å². The van der Waals surface area contributed by atoms with E-state index >= 15 is 0 Å². The number of piperidine rings is 2. The maximum absolute atomic E-state index is 12.6. The number of hydrogen-bond donors (Lipinski definition) is 8. The summed E-state index contributed by atoms with van der Waals surface area (Å²) in [6.07, 6.45) is 3.23. The Labute approximate surface area is 487 Å². The summed E-state index contributed by atoms with van der Waals surface area (Å²) in [6.45, 7) is 1.50. The van der Waals surface area contributed by atoms with Gasteiger partial charge in [-0.25, -0.2) is 49.1 Å². The second kappa shape index (κ2) is 27.9. The van der Waals surface area contributed by atoms with Crippen LogP contribution in [-0.4, -0.2) is 194 Å². The van der Waals surface area contributed by atoms with Crippen LogP contribution in [0.15, 0.2) is 61.2 Å². The van der Waals surface area contributed by atoms with E-state index in [2.05, 4.69) is 57.1 Å². The minimum absolute atomic E-state index is 0.108. The number of nitrogens with two attached hydrogens (primary N) is 2. The summed E-state index contributed by atoms with van der Waals surface area (Å²) in [5, 5.41) is 58.8. The number of carbonyl (C=O) groups excluding carboxylic acids is 4. The standard InChI is InChI=1S/C27H30N6O8.C17H19NO4.C10H12IN5O4/c1-39-26(37)16-5-7-17(8-6-16)40-27(38)32-11-9-15(10-12-32)3-2-4-19-30-23(28)20-24(31-19)33(14-29-20)25-22(36)21(35)18(13-34)41-25;1-3-4-13-9-11-18(12-10-13)17(20)22-15-7-5-14(6-8-15)16(19)21-2;11-10-14-7(12)4-8(15-10)16(2-13-4)9-6(19)5(18)3(1-17)20-9/h5-8,14-15,18,21-22,25,34-36H,3,9-13H2,1H3,(H2,28,30,31);1,5-8,13H,4,9-12H2,2H3;2-3,5-6,9,17-19H,1H2,(H2,12,14,15)/t18-,21?,22+,25-;;3-,5?,6+,9-/m1.1/s1. The number of methoxy groups -OCH3 is 2. The maximum atomic E-state index is 12.6. The van der Waals surface area contributed by atoms with E-state index in [1.54, 1.807) is 46.2 Å². The number of nitrogens with zero attached hydrogens (tertiary/aromatic N) is 10. The number of carbonyl (C=O) groups is 4. The van der Waals surface area contributed by atoms with Crippen LogP contribution in [0.2, 0.25) is 0 Å². The van der Waals surface area contributed by atoms with Gasteiger partial charge in [-0.15, -0.1) is 12.3 Å². The fourth-order valence-corrected chi connectivity index (χ4v) is 9.95. The fourth-order valence-electron chi connectivity index (χ4n) is 9.46. The van der Waals surface area contributed by atoms with Gasteiger partial charge in [-0.05, 0) is 92.0 Å². The molecule has 4 aromatic heterocycles. The van der Waals surface area contributed by atoms with Crippen molar-refractivity contribution in [3.63, 3.8) is 0 Å². The van der Waals surface area contributed by atoms with Crippen molar-refractivity contribution in [3.05, 3.63) is 82.0 Å². The van der Waals surface area contributed by atoms with Gasteiger partial charge in [-0.3, -0.25) is 9.13 Å². The number of ether oxygens (including phenoxy) is 6. The van der Waals surface area contributed by atoms with Gasteiger partial charge in [0.15, 0.2) is 39.2 Å². The summed E-state index contributed by atoms with van der Waals surface area (Å²) in [5.74, 6) is 9.81. The Morgan fingerprint density at radius 2 is 1.06 bits per heavy atom. The number of aliphatic hydroxyl groups is 6. The van der Waals surface area contributed by atoms with Crippen molar-refractivity contribution >= 4 is 80.7 Å².